The Morgan fingerprint density at radius 3 is 2.40 bits per heavy atom. The molecule has 0 spiro atoms. The van der Waals surface area contributed by atoms with Crippen molar-refractivity contribution >= 4 is 23.1 Å². The van der Waals surface area contributed by atoms with Crippen LogP contribution in [0, 0.1) is 13.8 Å². The Bertz CT molecular complexity index is 907. The second-order valence-corrected chi connectivity index (χ2v) is 6.63. The van der Waals surface area contributed by atoms with Gasteiger partial charge in [0.15, 0.2) is 0 Å². The van der Waals surface area contributed by atoms with Crippen LogP contribution in [-0.4, -0.2) is 11.8 Å². The number of hydrogen-bond acceptors (Lipinski definition) is 2. The molecule has 0 saturated heterocycles. The zero-order chi connectivity index (χ0) is 18.1. The fraction of sp³-hybridized carbons (Fsp3) is 0.182. The molecular formula is C22H21NO2. The molecular weight excluding hydrogens is 310 g/mol. The summed E-state index contributed by atoms with van der Waals surface area (Å²) in [5.74, 6) is -0.565. The molecule has 0 saturated carbocycles. The molecule has 2 aromatic rings. The SMILES string of the molecule is C=C(C)Cc1cc(C)cc(C)c1N1C(=O)C=C(c2ccccc2)C1=O. The van der Waals surface area contributed by atoms with E-state index < -0.39 is 0 Å². The van der Waals surface area contributed by atoms with Gasteiger partial charge < -0.3 is 0 Å². The predicted octanol–water partition coefficient (Wildman–Crippen LogP) is 4.38. The first-order valence-electron chi connectivity index (χ1n) is 8.28. The molecule has 1 heterocycles. The number of benzene rings is 2. The maximum absolute atomic E-state index is 13.0. The number of nitrogens with zero attached hydrogens (tertiary/aromatic N) is 1. The highest BCUT2D eigenvalue weighted by molar-refractivity contribution is 6.43. The van der Waals surface area contributed by atoms with E-state index in [0.29, 0.717) is 17.7 Å². The number of amides is 2. The Labute approximate surface area is 148 Å². The lowest BCUT2D eigenvalue weighted by atomic mass is 9.98. The van der Waals surface area contributed by atoms with E-state index in [1.807, 2.05) is 63.2 Å². The van der Waals surface area contributed by atoms with E-state index in [9.17, 15) is 9.59 Å². The fourth-order valence-corrected chi connectivity index (χ4v) is 3.33. The molecule has 2 aromatic carbocycles. The van der Waals surface area contributed by atoms with Gasteiger partial charge >= 0.3 is 0 Å². The number of anilines is 1. The molecule has 3 nitrogen and oxygen atoms in total. The van der Waals surface area contributed by atoms with Gasteiger partial charge in [0.25, 0.3) is 11.8 Å². The van der Waals surface area contributed by atoms with Crippen LogP contribution in [0.2, 0.25) is 0 Å². The van der Waals surface area contributed by atoms with Crippen molar-refractivity contribution in [3.05, 3.63) is 82.9 Å². The number of carbonyl (C=O) groups is 2. The van der Waals surface area contributed by atoms with Gasteiger partial charge in [-0.2, -0.15) is 0 Å². The lowest BCUT2D eigenvalue weighted by Gasteiger charge is -2.22. The molecule has 0 bridgehead atoms. The van der Waals surface area contributed by atoms with Crippen molar-refractivity contribution in [3.8, 4) is 0 Å². The third-order valence-corrected chi connectivity index (χ3v) is 4.25. The van der Waals surface area contributed by atoms with E-state index in [0.717, 1.165) is 27.8 Å². The van der Waals surface area contributed by atoms with Crippen molar-refractivity contribution in [1.29, 1.82) is 0 Å². The molecule has 0 atom stereocenters. The monoisotopic (exact) mass is 331 g/mol. The van der Waals surface area contributed by atoms with E-state index in [1.165, 1.54) is 11.0 Å². The van der Waals surface area contributed by atoms with Crippen LogP contribution in [0.4, 0.5) is 5.69 Å². The van der Waals surface area contributed by atoms with Crippen molar-refractivity contribution in [2.45, 2.75) is 27.2 Å². The molecule has 2 amide bonds. The maximum atomic E-state index is 13.0. The van der Waals surface area contributed by atoms with E-state index in [-0.39, 0.29) is 11.8 Å². The summed E-state index contributed by atoms with van der Waals surface area (Å²) >= 11 is 0. The molecule has 0 aromatic heterocycles. The Morgan fingerprint density at radius 2 is 1.76 bits per heavy atom. The molecule has 0 aliphatic carbocycles. The zero-order valence-corrected chi connectivity index (χ0v) is 14.8. The summed E-state index contributed by atoms with van der Waals surface area (Å²) in [7, 11) is 0. The van der Waals surface area contributed by atoms with Gasteiger partial charge in [0, 0.05) is 6.08 Å². The molecule has 1 aliphatic rings. The van der Waals surface area contributed by atoms with Gasteiger partial charge in [-0.05, 0) is 43.9 Å². The molecule has 1 aliphatic heterocycles. The highest BCUT2D eigenvalue weighted by atomic mass is 16.2. The first kappa shape index (κ1) is 16.9. The van der Waals surface area contributed by atoms with Crippen molar-refractivity contribution in [1.82, 2.24) is 0 Å². The molecule has 0 N–H and O–H groups in total. The fourth-order valence-electron chi connectivity index (χ4n) is 3.33. The average Bonchev–Trinajstić information content (AvgIpc) is 2.83. The number of allylic oxidation sites excluding steroid dienone is 1. The minimum atomic E-state index is -0.293. The number of carbonyl (C=O) groups excluding carboxylic acids is 2. The third-order valence-electron chi connectivity index (χ3n) is 4.25. The minimum Gasteiger partial charge on any atom is -0.269 e. The number of hydrogen-bond donors (Lipinski definition) is 0. The van der Waals surface area contributed by atoms with E-state index in [1.54, 1.807) is 0 Å². The van der Waals surface area contributed by atoms with Crippen LogP contribution in [0.3, 0.4) is 0 Å². The van der Waals surface area contributed by atoms with Gasteiger partial charge in [-0.15, -0.1) is 0 Å². The molecule has 0 unspecified atom stereocenters. The van der Waals surface area contributed by atoms with E-state index >= 15 is 0 Å². The summed E-state index contributed by atoms with van der Waals surface area (Å²) in [5.41, 5.74) is 5.84. The Morgan fingerprint density at radius 1 is 1.08 bits per heavy atom. The highest BCUT2D eigenvalue weighted by Crippen LogP contribution is 2.34. The van der Waals surface area contributed by atoms with Crippen molar-refractivity contribution in [2.75, 3.05) is 4.90 Å². The molecule has 0 radical (unpaired) electrons. The standard InChI is InChI=1S/C22H21NO2/c1-14(2)10-18-12-15(3)11-16(4)21(18)23-20(24)13-19(22(23)25)17-8-6-5-7-9-17/h5-9,11-13H,1,10H2,2-4H3. The Kier molecular flexibility index (Phi) is 4.41. The van der Waals surface area contributed by atoms with Crippen LogP contribution in [0.15, 0.2) is 60.7 Å². The second-order valence-electron chi connectivity index (χ2n) is 6.63. The summed E-state index contributed by atoms with van der Waals surface area (Å²) in [5, 5.41) is 0. The van der Waals surface area contributed by atoms with Gasteiger partial charge in [0.2, 0.25) is 0 Å². The number of imide groups is 1. The number of rotatable bonds is 4. The smallest absolute Gasteiger partial charge is 0.266 e. The maximum Gasteiger partial charge on any atom is 0.266 e. The summed E-state index contributed by atoms with van der Waals surface area (Å²) in [6.07, 6.45) is 2.07. The predicted molar refractivity (Wildman–Crippen MR) is 101 cm³/mol. The Balaban J connectivity index is 2.08. The molecule has 0 fully saturated rings. The van der Waals surface area contributed by atoms with Gasteiger partial charge in [-0.1, -0.05) is 60.2 Å². The molecule has 25 heavy (non-hydrogen) atoms. The highest BCUT2D eigenvalue weighted by Gasteiger charge is 2.35. The topological polar surface area (TPSA) is 37.4 Å². The number of aryl methyl sites for hydroxylation is 2. The lowest BCUT2D eigenvalue weighted by molar-refractivity contribution is -0.119. The second kappa shape index (κ2) is 6.52. The van der Waals surface area contributed by atoms with Crippen LogP contribution in [-0.2, 0) is 16.0 Å². The van der Waals surface area contributed by atoms with Crippen LogP contribution >= 0.6 is 0 Å². The quantitative estimate of drug-likeness (QED) is 0.616. The van der Waals surface area contributed by atoms with Crippen LogP contribution in [0.5, 0.6) is 0 Å². The van der Waals surface area contributed by atoms with Gasteiger partial charge in [-0.3, -0.25) is 9.59 Å². The minimum absolute atomic E-state index is 0.272. The zero-order valence-electron chi connectivity index (χ0n) is 14.8. The normalized spacial score (nSPS) is 14.0. The van der Waals surface area contributed by atoms with Crippen molar-refractivity contribution in [3.63, 3.8) is 0 Å². The Hall–Kier alpha value is -2.94. The van der Waals surface area contributed by atoms with Gasteiger partial charge in [0.05, 0.1) is 11.3 Å². The van der Waals surface area contributed by atoms with E-state index in [2.05, 4.69) is 6.58 Å². The molecule has 3 heteroatoms. The van der Waals surface area contributed by atoms with Crippen LogP contribution < -0.4 is 4.90 Å². The van der Waals surface area contributed by atoms with Crippen LogP contribution in [0.25, 0.3) is 5.57 Å². The summed E-state index contributed by atoms with van der Waals surface area (Å²) < 4.78 is 0. The van der Waals surface area contributed by atoms with Gasteiger partial charge in [-0.25, -0.2) is 4.90 Å². The summed E-state index contributed by atoms with van der Waals surface area (Å²) in [4.78, 5) is 27.0. The first-order chi connectivity index (χ1) is 11.9. The van der Waals surface area contributed by atoms with Crippen molar-refractivity contribution < 1.29 is 9.59 Å². The third kappa shape index (κ3) is 3.18. The largest absolute Gasteiger partial charge is 0.269 e. The van der Waals surface area contributed by atoms with E-state index in [4.69, 9.17) is 0 Å². The molecule has 126 valence electrons. The lowest BCUT2D eigenvalue weighted by Crippen LogP contribution is -2.32. The summed E-state index contributed by atoms with van der Waals surface area (Å²) in [6, 6.07) is 13.3. The van der Waals surface area contributed by atoms with Gasteiger partial charge in [0.1, 0.15) is 0 Å². The van der Waals surface area contributed by atoms with Crippen LogP contribution in [0.1, 0.15) is 29.2 Å². The summed E-state index contributed by atoms with van der Waals surface area (Å²) in [6.45, 7) is 9.87. The average molecular weight is 331 g/mol. The molecule has 3 rings (SSSR count). The first-order valence-corrected chi connectivity index (χ1v) is 8.28. The van der Waals surface area contributed by atoms with Crippen molar-refractivity contribution in [2.24, 2.45) is 0 Å².